The zero-order chi connectivity index (χ0) is 11.7. The van der Waals surface area contributed by atoms with Gasteiger partial charge in [0, 0.05) is 0 Å². The number of hydrogen-bond acceptors (Lipinski definition) is 3. The molecule has 7 heteroatoms. The Morgan fingerprint density at radius 2 is 1.81 bits per heavy atom. The van der Waals surface area contributed by atoms with E-state index in [0.29, 0.717) is 5.75 Å². The van der Waals surface area contributed by atoms with Crippen molar-refractivity contribution in [3.63, 3.8) is 0 Å². The summed E-state index contributed by atoms with van der Waals surface area (Å²) < 4.78 is 13.7. The van der Waals surface area contributed by atoms with Crippen LogP contribution in [-0.4, -0.2) is 21.5 Å². The third kappa shape index (κ3) is 13.2. The summed E-state index contributed by atoms with van der Waals surface area (Å²) >= 11 is 0. The molecule has 0 amide bonds. The highest BCUT2D eigenvalue weighted by atomic mass is 32.1. The van der Waals surface area contributed by atoms with Crippen LogP contribution in [0, 0.1) is 0 Å². The van der Waals surface area contributed by atoms with Gasteiger partial charge in [0.05, 0.1) is 6.61 Å². The minimum Gasteiger partial charge on any atom is -0.508 e. The topological polar surface area (TPSA) is 87.0 Å². The van der Waals surface area contributed by atoms with E-state index in [2.05, 4.69) is 11.1 Å². The third-order valence-electron chi connectivity index (χ3n) is 1.12. The minimum atomic E-state index is -4.25. The lowest BCUT2D eigenvalue weighted by molar-refractivity contribution is 0.216. The van der Waals surface area contributed by atoms with E-state index >= 15 is 0 Å². The molecule has 0 aliphatic heterocycles. The number of aromatic hydroxyl groups is 1. The molecule has 0 spiro atoms. The average molecular weight is 266 g/mol. The van der Waals surface area contributed by atoms with Crippen LogP contribution in [0.15, 0.2) is 43.0 Å². The third-order valence-corrected chi connectivity index (χ3v) is 1.60. The number of phenolic OH excluding ortho intramolecular Hbond substituents is 1. The molecule has 0 aliphatic rings. The molecule has 0 fully saturated rings. The highest BCUT2D eigenvalue weighted by molar-refractivity contribution is 7.59. The first-order chi connectivity index (χ1) is 6.95. The Morgan fingerprint density at radius 1 is 1.31 bits per heavy atom. The number of benzene rings is 1. The van der Waals surface area contributed by atoms with E-state index in [4.69, 9.17) is 14.9 Å². The van der Waals surface area contributed by atoms with E-state index in [1.165, 1.54) is 6.08 Å². The SMILES string of the molecule is C=CCOP(=O)(O)O.Oc1ccccc1.S. The van der Waals surface area contributed by atoms with Crippen LogP contribution in [0.25, 0.3) is 0 Å². The number of phosphoric ester groups is 1. The molecule has 0 aliphatic carbocycles. The Labute approximate surface area is 101 Å². The van der Waals surface area contributed by atoms with Crippen molar-refractivity contribution in [2.45, 2.75) is 0 Å². The van der Waals surface area contributed by atoms with Gasteiger partial charge in [0.25, 0.3) is 0 Å². The van der Waals surface area contributed by atoms with E-state index in [-0.39, 0.29) is 20.1 Å². The Bertz CT molecular complexity index is 324. The van der Waals surface area contributed by atoms with Gasteiger partial charge in [-0.25, -0.2) is 4.57 Å². The second-order valence-electron chi connectivity index (χ2n) is 2.41. The van der Waals surface area contributed by atoms with Crippen molar-refractivity contribution >= 4 is 21.3 Å². The van der Waals surface area contributed by atoms with Crippen LogP contribution in [0.1, 0.15) is 0 Å². The molecule has 0 atom stereocenters. The lowest BCUT2D eigenvalue weighted by atomic mass is 10.3. The smallest absolute Gasteiger partial charge is 0.469 e. The molecule has 92 valence electrons. The highest BCUT2D eigenvalue weighted by Crippen LogP contribution is 2.35. The lowest BCUT2D eigenvalue weighted by Crippen LogP contribution is -1.86. The van der Waals surface area contributed by atoms with Crippen molar-refractivity contribution in [1.29, 1.82) is 0 Å². The molecule has 0 aromatic heterocycles. The van der Waals surface area contributed by atoms with Crippen molar-refractivity contribution in [2.75, 3.05) is 6.61 Å². The second kappa shape index (κ2) is 9.45. The summed E-state index contributed by atoms with van der Waals surface area (Å²) in [7, 11) is -4.25. The number of phenols is 1. The molecule has 3 N–H and O–H groups in total. The Morgan fingerprint density at radius 3 is 2.00 bits per heavy atom. The molecular formula is C9H15O5PS. The zero-order valence-electron chi connectivity index (χ0n) is 8.48. The molecule has 1 rings (SSSR count). The molecule has 0 saturated carbocycles. The molecule has 0 saturated heterocycles. The van der Waals surface area contributed by atoms with E-state index in [9.17, 15) is 4.57 Å². The average Bonchev–Trinajstić information content (AvgIpc) is 2.16. The predicted octanol–water partition coefficient (Wildman–Crippen LogP) is 1.79. The van der Waals surface area contributed by atoms with Gasteiger partial charge in [0.1, 0.15) is 5.75 Å². The summed E-state index contributed by atoms with van der Waals surface area (Å²) in [5.74, 6) is 0.322. The van der Waals surface area contributed by atoms with Gasteiger partial charge in [-0.1, -0.05) is 24.3 Å². The van der Waals surface area contributed by atoms with Gasteiger partial charge in [0.2, 0.25) is 0 Å². The normalized spacial score (nSPS) is 9.38. The first-order valence-electron chi connectivity index (χ1n) is 4.00. The number of phosphoric acid groups is 1. The van der Waals surface area contributed by atoms with Crippen LogP contribution < -0.4 is 0 Å². The minimum absolute atomic E-state index is 0. The van der Waals surface area contributed by atoms with Crippen LogP contribution in [0.2, 0.25) is 0 Å². The van der Waals surface area contributed by atoms with E-state index in [0.717, 1.165) is 0 Å². The summed E-state index contributed by atoms with van der Waals surface area (Å²) in [4.78, 5) is 16.0. The summed E-state index contributed by atoms with van der Waals surface area (Å²) in [6, 6.07) is 8.71. The van der Waals surface area contributed by atoms with Gasteiger partial charge in [-0.15, -0.1) is 6.58 Å². The number of hydrogen-bond donors (Lipinski definition) is 3. The Hall–Kier alpha value is -0.780. The Balaban J connectivity index is 0. The molecule has 0 heterocycles. The largest absolute Gasteiger partial charge is 0.508 e. The van der Waals surface area contributed by atoms with E-state index in [1.807, 2.05) is 6.07 Å². The summed E-state index contributed by atoms with van der Waals surface area (Å²) in [5, 5.41) is 8.63. The van der Waals surface area contributed by atoms with Crippen molar-refractivity contribution < 1.29 is 24.0 Å². The molecular weight excluding hydrogens is 251 g/mol. The fraction of sp³-hybridized carbons (Fsp3) is 0.111. The molecule has 1 aromatic carbocycles. The first-order valence-corrected chi connectivity index (χ1v) is 5.53. The van der Waals surface area contributed by atoms with Gasteiger partial charge in [-0.2, -0.15) is 13.5 Å². The van der Waals surface area contributed by atoms with Crippen molar-refractivity contribution in [3.8, 4) is 5.75 Å². The quantitative estimate of drug-likeness (QED) is 0.573. The molecule has 5 nitrogen and oxygen atoms in total. The maximum absolute atomic E-state index is 9.81. The van der Waals surface area contributed by atoms with Gasteiger partial charge in [-0.3, -0.25) is 4.52 Å². The van der Waals surface area contributed by atoms with Crippen LogP contribution in [0.4, 0.5) is 0 Å². The van der Waals surface area contributed by atoms with Gasteiger partial charge in [0.15, 0.2) is 0 Å². The predicted molar refractivity (Wildman–Crippen MR) is 66.7 cm³/mol. The zero-order valence-corrected chi connectivity index (χ0v) is 10.4. The Kier molecular flexibility index (Phi) is 10.4. The van der Waals surface area contributed by atoms with Crippen molar-refractivity contribution in [3.05, 3.63) is 43.0 Å². The van der Waals surface area contributed by atoms with Gasteiger partial charge < -0.3 is 14.9 Å². The van der Waals surface area contributed by atoms with E-state index < -0.39 is 7.82 Å². The van der Waals surface area contributed by atoms with Crippen LogP contribution in [0.5, 0.6) is 5.75 Å². The fourth-order valence-electron chi connectivity index (χ4n) is 0.578. The first kappa shape index (κ1) is 17.6. The van der Waals surface area contributed by atoms with Crippen molar-refractivity contribution in [2.24, 2.45) is 0 Å². The molecule has 0 bridgehead atoms. The molecule has 0 radical (unpaired) electrons. The fourth-order valence-corrected chi connectivity index (χ4v) is 0.877. The standard InChI is InChI=1S/C6H6O.C3H7O4P.H2S/c7-6-4-2-1-3-5-6;1-2-3-7-8(4,5)6;/h1-5,7H;2H,1,3H2,(H2,4,5,6);1H2. The van der Waals surface area contributed by atoms with Crippen molar-refractivity contribution in [1.82, 2.24) is 0 Å². The number of para-hydroxylation sites is 1. The maximum Gasteiger partial charge on any atom is 0.469 e. The van der Waals surface area contributed by atoms with Gasteiger partial charge >= 0.3 is 7.82 Å². The molecule has 1 aromatic rings. The van der Waals surface area contributed by atoms with Crippen LogP contribution in [0.3, 0.4) is 0 Å². The monoisotopic (exact) mass is 266 g/mol. The molecule has 0 unspecified atom stereocenters. The summed E-state index contributed by atoms with van der Waals surface area (Å²) in [5.41, 5.74) is 0. The highest BCUT2D eigenvalue weighted by Gasteiger charge is 2.10. The van der Waals surface area contributed by atoms with E-state index in [1.54, 1.807) is 24.3 Å². The lowest BCUT2D eigenvalue weighted by Gasteiger charge is -1.98. The summed E-state index contributed by atoms with van der Waals surface area (Å²) in [6.45, 7) is 3.07. The van der Waals surface area contributed by atoms with Crippen LogP contribution in [-0.2, 0) is 9.09 Å². The second-order valence-corrected chi connectivity index (χ2v) is 3.65. The summed E-state index contributed by atoms with van der Waals surface area (Å²) in [6.07, 6.45) is 1.26. The van der Waals surface area contributed by atoms with Gasteiger partial charge in [-0.05, 0) is 12.1 Å². The number of rotatable bonds is 3. The van der Waals surface area contributed by atoms with Crippen LogP contribution >= 0.6 is 21.3 Å². The maximum atomic E-state index is 9.81. The molecule has 16 heavy (non-hydrogen) atoms.